The summed E-state index contributed by atoms with van der Waals surface area (Å²) in [6, 6.07) is 0. The lowest BCUT2D eigenvalue weighted by Gasteiger charge is -2.31. The molecular weight excluding hydrogens is 188 g/mol. The average Bonchev–Trinajstić information content (AvgIpc) is 2.29. The predicted octanol–water partition coefficient (Wildman–Crippen LogP) is 2.36. The Morgan fingerprint density at radius 3 is 2.20 bits per heavy atom. The van der Waals surface area contributed by atoms with Crippen molar-refractivity contribution < 1.29 is 10.2 Å². The highest BCUT2D eigenvalue weighted by Gasteiger charge is 2.25. The van der Waals surface area contributed by atoms with Crippen molar-refractivity contribution in [2.45, 2.75) is 39.0 Å². The molecule has 0 bridgehead atoms. The molecule has 2 heteroatoms. The van der Waals surface area contributed by atoms with E-state index in [0.717, 1.165) is 25.2 Å². The van der Waals surface area contributed by atoms with Crippen molar-refractivity contribution in [1.82, 2.24) is 0 Å². The zero-order valence-corrected chi connectivity index (χ0v) is 9.73. The number of rotatable bonds is 5. The summed E-state index contributed by atoms with van der Waals surface area (Å²) in [6.07, 6.45) is 10.5. The lowest BCUT2D eigenvalue weighted by molar-refractivity contribution is 0.0833. The van der Waals surface area contributed by atoms with Gasteiger partial charge in [0.25, 0.3) is 0 Å². The molecular formula is C13H24O2. The van der Waals surface area contributed by atoms with Crippen molar-refractivity contribution >= 4 is 0 Å². The van der Waals surface area contributed by atoms with Crippen LogP contribution in [0.1, 0.15) is 39.0 Å². The van der Waals surface area contributed by atoms with Crippen LogP contribution in [0, 0.1) is 17.8 Å². The summed E-state index contributed by atoms with van der Waals surface area (Å²) in [7, 11) is 0. The van der Waals surface area contributed by atoms with Crippen LogP contribution in [-0.2, 0) is 0 Å². The zero-order chi connectivity index (χ0) is 11.1. The molecule has 0 radical (unpaired) electrons. The molecule has 1 aliphatic rings. The molecule has 0 aromatic heterocycles. The monoisotopic (exact) mass is 212 g/mol. The van der Waals surface area contributed by atoms with Crippen LogP contribution in [0.5, 0.6) is 0 Å². The van der Waals surface area contributed by atoms with Crippen LogP contribution >= 0.6 is 0 Å². The molecule has 0 aromatic carbocycles. The Balaban J connectivity index is 2.31. The van der Waals surface area contributed by atoms with Crippen LogP contribution in [0.25, 0.3) is 0 Å². The number of aliphatic hydroxyl groups excluding tert-OH is 2. The minimum atomic E-state index is 0.112. The summed E-state index contributed by atoms with van der Waals surface area (Å²) in [5, 5.41) is 18.2. The van der Waals surface area contributed by atoms with Gasteiger partial charge in [-0.25, -0.2) is 0 Å². The van der Waals surface area contributed by atoms with Crippen LogP contribution in [0.15, 0.2) is 12.2 Å². The molecule has 1 saturated carbocycles. The first kappa shape index (κ1) is 12.7. The van der Waals surface area contributed by atoms with E-state index < -0.39 is 0 Å². The van der Waals surface area contributed by atoms with Gasteiger partial charge in [0.15, 0.2) is 0 Å². The molecule has 0 aromatic rings. The highest BCUT2D eigenvalue weighted by molar-refractivity contribution is 4.91. The summed E-state index contributed by atoms with van der Waals surface area (Å²) in [4.78, 5) is 0. The zero-order valence-electron chi connectivity index (χ0n) is 9.73. The Kier molecular flexibility index (Phi) is 5.96. The van der Waals surface area contributed by atoms with Gasteiger partial charge in [-0.1, -0.05) is 19.1 Å². The summed E-state index contributed by atoms with van der Waals surface area (Å²) in [5.74, 6) is 1.38. The van der Waals surface area contributed by atoms with Crippen LogP contribution in [0.2, 0.25) is 0 Å². The molecule has 0 atom stereocenters. The highest BCUT2D eigenvalue weighted by atomic mass is 16.3. The lowest BCUT2D eigenvalue weighted by Crippen LogP contribution is -2.26. The van der Waals surface area contributed by atoms with Crippen molar-refractivity contribution in [3.8, 4) is 0 Å². The number of aliphatic hydroxyl groups is 2. The van der Waals surface area contributed by atoms with Gasteiger partial charge in [-0.2, -0.15) is 0 Å². The topological polar surface area (TPSA) is 40.5 Å². The van der Waals surface area contributed by atoms with E-state index in [1.807, 2.05) is 0 Å². The Hall–Kier alpha value is -0.340. The van der Waals surface area contributed by atoms with Crippen LogP contribution in [0.3, 0.4) is 0 Å². The first-order valence-electron chi connectivity index (χ1n) is 6.20. The van der Waals surface area contributed by atoms with Gasteiger partial charge < -0.3 is 10.2 Å². The van der Waals surface area contributed by atoms with Crippen molar-refractivity contribution in [3.05, 3.63) is 12.2 Å². The molecule has 0 spiro atoms. The third-order valence-corrected chi connectivity index (χ3v) is 3.60. The second kappa shape index (κ2) is 7.02. The van der Waals surface area contributed by atoms with E-state index in [2.05, 4.69) is 19.1 Å². The highest BCUT2D eigenvalue weighted by Crippen LogP contribution is 2.33. The molecule has 1 aliphatic carbocycles. The Labute approximate surface area is 93.0 Å². The number of hydrogen-bond donors (Lipinski definition) is 2. The fourth-order valence-corrected chi connectivity index (χ4v) is 2.49. The van der Waals surface area contributed by atoms with E-state index in [1.165, 1.54) is 12.8 Å². The molecule has 2 N–H and O–H groups in total. The second-order valence-corrected chi connectivity index (χ2v) is 4.64. The van der Waals surface area contributed by atoms with E-state index in [1.54, 1.807) is 0 Å². The van der Waals surface area contributed by atoms with E-state index in [9.17, 15) is 0 Å². The molecule has 88 valence electrons. The number of allylic oxidation sites excluding steroid dienone is 2. The maximum absolute atomic E-state index is 9.11. The SMILES string of the molecule is CC/C=C/C1CCC(C(CO)CO)CC1. The van der Waals surface area contributed by atoms with Gasteiger partial charge in [0.1, 0.15) is 0 Å². The largest absolute Gasteiger partial charge is 0.396 e. The van der Waals surface area contributed by atoms with Crippen LogP contribution in [-0.4, -0.2) is 23.4 Å². The molecule has 1 fully saturated rings. The number of hydrogen-bond acceptors (Lipinski definition) is 2. The van der Waals surface area contributed by atoms with Gasteiger partial charge >= 0.3 is 0 Å². The maximum Gasteiger partial charge on any atom is 0.0483 e. The summed E-state index contributed by atoms with van der Waals surface area (Å²) in [6.45, 7) is 2.43. The Morgan fingerprint density at radius 2 is 1.73 bits per heavy atom. The van der Waals surface area contributed by atoms with Crippen molar-refractivity contribution in [1.29, 1.82) is 0 Å². The average molecular weight is 212 g/mol. The van der Waals surface area contributed by atoms with Crippen molar-refractivity contribution in [2.75, 3.05) is 13.2 Å². The fraction of sp³-hybridized carbons (Fsp3) is 0.846. The third-order valence-electron chi connectivity index (χ3n) is 3.60. The van der Waals surface area contributed by atoms with Crippen LogP contribution in [0.4, 0.5) is 0 Å². The van der Waals surface area contributed by atoms with Crippen LogP contribution < -0.4 is 0 Å². The molecule has 15 heavy (non-hydrogen) atoms. The summed E-state index contributed by atoms with van der Waals surface area (Å²) < 4.78 is 0. The van der Waals surface area contributed by atoms with Gasteiger partial charge in [-0.3, -0.25) is 0 Å². The minimum Gasteiger partial charge on any atom is -0.396 e. The summed E-state index contributed by atoms with van der Waals surface area (Å²) in [5.41, 5.74) is 0. The standard InChI is InChI=1S/C13H24O2/c1-2-3-4-11-5-7-12(8-6-11)13(9-14)10-15/h3-4,11-15H,2,5-10H2,1H3/b4-3+. The van der Waals surface area contributed by atoms with E-state index >= 15 is 0 Å². The molecule has 0 aliphatic heterocycles. The maximum atomic E-state index is 9.11. The third kappa shape index (κ3) is 3.96. The van der Waals surface area contributed by atoms with Crippen molar-refractivity contribution in [3.63, 3.8) is 0 Å². The Bertz CT molecular complexity index is 177. The van der Waals surface area contributed by atoms with Gasteiger partial charge in [0, 0.05) is 19.1 Å². The molecule has 0 heterocycles. The van der Waals surface area contributed by atoms with E-state index in [4.69, 9.17) is 10.2 Å². The molecule has 0 saturated heterocycles. The molecule has 2 nitrogen and oxygen atoms in total. The minimum absolute atomic E-state index is 0.112. The Morgan fingerprint density at radius 1 is 1.13 bits per heavy atom. The second-order valence-electron chi connectivity index (χ2n) is 4.64. The molecule has 1 rings (SSSR count). The van der Waals surface area contributed by atoms with Gasteiger partial charge in [-0.15, -0.1) is 0 Å². The van der Waals surface area contributed by atoms with Gasteiger partial charge in [0.05, 0.1) is 0 Å². The first-order chi connectivity index (χ1) is 7.31. The smallest absolute Gasteiger partial charge is 0.0483 e. The summed E-state index contributed by atoms with van der Waals surface area (Å²) >= 11 is 0. The van der Waals surface area contributed by atoms with E-state index in [0.29, 0.717) is 5.92 Å². The first-order valence-corrected chi connectivity index (χ1v) is 6.20. The quantitative estimate of drug-likeness (QED) is 0.687. The normalized spacial score (nSPS) is 27.7. The van der Waals surface area contributed by atoms with Crippen molar-refractivity contribution in [2.24, 2.45) is 17.8 Å². The van der Waals surface area contributed by atoms with Gasteiger partial charge in [-0.05, 0) is 43.9 Å². The molecule has 0 unspecified atom stereocenters. The molecule has 0 amide bonds. The lowest BCUT2D eigenvalue weighted by atomic mass is 9.76. The fourth-order valence-electron chi connectivity index (χ4n) is 2.49. The van der Waals surface area contributed by atoms with Gasteiger partial charge in [0.2, 0.25) is 0 Å². The predicted molar refractivity (Wildman–Crippen MR) is 62.5 cm³/mol. The van der Waals surface area contributed by atoms with E-state index in [-0.39, 0.29) is 19.1 Å².